The predicted molar refractivity (Wildman–Crippen MR) is 68.3 cm³/mol. The normalized spacial score (nSPS) is 12.7. The molecule has 4 heteroatoms. The van der Waals surface area contributed by atoms with E-state index >= 15 is 0 Å². The van der Waals surface area contributed by atoms with E-state index in [4.69, 9.17) is 22.4 Å². The fourth-order valence-corrected chi connectivity index (χ4v) is 2.37. The van der Waals surface area contributed by atoms with Crippen molar-refractivity contribution < 1.29 is 5.11 Å². The quantitative estimate of drug-likeness (QED) is 0.785. The summed E-state index contributed by atoms with van der Waals surface area (Å²) in [5.41, 5.74) is 7.68. The van der Waals surface area contributed by atoms with Gasteiger partial charge in [0.1, 0.15) is 0 Å². The summed E-state index contributed by atoms with van der Waals surface area (Å²) in [6.45, 7) is 2.34. The molecule has 1 atom stereocenters. The van der Waals surface area contributed by atoms with Crippen molar-refractivity contribution in [3.05, 3.63) is 28.8 Å². The molecule has 0 fully saturated rings. The first-order valence-corrected chi connectivity index (χ1v) is 6.32. The topological polar surface area (TPSA) is 46.2 Å². The van der Waals surface area contributed by atoms with Crippen molar-refractivity contribution in [1.29, 1.82) is 0 Å². The average Bonchev–Trinajstić information content (AvgIpc) is 2.17. The third-order valence-corrected chi connectivity index (χ3v) is 3.68. The second-order valence-electron chi connectivity index (χ2n) is 3.48. The number of hydrogen-bond donors (Lipinski definition) is 2. The Bertz CT molecular complexity index is 319. The first-order valence-electron chi connectivity index (χ1n) is 4.90. The van der Waals surface area contributed by atoms with Crippen molar-refractivity contribution in [3.63, 3.8) is 0 Å². The number of halogens is 1. The molecule has 0 saturated carbocycles. The predicted octanol–water partition coefficient (Wildman–Crippen LogP) is 2.93. The maximum absolute atomic E-state index is 8.77. The summed E-state index contributed by atoms with van der Waals surface area (Å²) in [7, 11) is 0. The minimum atomic E-state index is 0.240. The van der Waals surface area contributed by atoms with Gasteiger partial charge in [0.15, 0.2) is 0 Å². The summed E-state index contributed by atoms with van der Waals surface area (Å²) in [6, 6.07) is 5.58. The zero-order valence-electron chi connectivity index (χ0n) is 8.74. The number of anilines is 1. The highest BCUT2D eigenvalue weighted by atomic mass is 35.5. The van der Waals surface area contributed by atoms with E-state index in [2.05, 4.69) is 6.92 Å². The van der Waals surface area contributed by atoms with E-state index in [1.807, 2.05) is 12.1 Å². The first-order chi connectivity index (χ1) is 7.13. The van der Waals surface area contributed by atoms with Gasteiger partial charge in [0.2, 0.25) is 0 Å². The average molecular weight is 246 g/mol. The molecule has 1 rings (SSSR count). The molecule has 0 heterocycles. The van der Waals surface area contributed by atoms with E-state index in [1.165, 1.54) is 0 Å². The second-order valence-corrected chi connectivity index (χ2v) is 5.34. The summed E-state index contributed by atoms with van der Waals surface area (Å²) in [6.07, 6.45) is 0.818. The Morgan fingerprint density at radius 2 is 2.27 bits per heavy atom. The van der Waals surface area contributed by atoms with Gasteiger partial charge < -0.3 is 10.8 Å². The Hall–Kier alpha value is -0.380. The Morgan fingerprint density at radius 3 is 2.87 bits per heavy atom. The third-order valence-electron chi connectivity index (χ3n) is 2.17. The minimum absolute atomic E-state index is 0.240. The zero-order valence-corrected chi connectivity index (χ0v) is 10.3. The van der Waals surface area contributed by atoms with Crippen LogP contribution in [0.15, 0.2) is 18.2 Å². The summed E-state index contributed by atoms with van der Waals surface area (Å²) in [5, 5.41) is 9.89. The first kappa shape index (κ1) is 12.7. The molecule has 0 saturated heterocycles. The van der Waals surface area contributed by atoms with Crippen molar-refractivity contribution in [1.82, 2.24) is 0 Å². The number of thioether (sulfide) groups is 1. The van der Waals surface area contributed by atoms with Crippen molar-refractivity contribution in [2.75, 3.05) is 12.3 Å². The Kier molecular flexibility index (Phi) is 5.29. The molecule has 15 heavy (non-hydrogen) atoms. The molecule has 84 valence electrons. The van der Waals surface area contributed by atoms with Crippen LogP contribution in [-0.2, 0) is 5.75 Å². The van der Waals surface area contributed by atoms with Gasteiger partial charge >= 0.3 is 0 Å². The van der Waals surface area contributed by atoms with Gasteiger partial charge in [-0.05, 0) is 24.1 Å². The van der Waals surface area contributed by atoms with Crippen LogP contribution in [0.3, 0.4) is 0 Å². The molecule has 3 N–H and O–H groups in total. The van der Waals surface area contributed by atoms with E-state index in [0.29, 0.717) is 10.3 Å². The fraction of sp³-hybridized carbons (Fsp3) is 0.455. The summed E-state index contributed by atoms with van der Waals surface area (Å²) in [5.74, 6) is 0.865. The Morgan fingerprint density at radius 1 is 1.53 bits per heavy atom. The van der Waals surface area contributed by atoms with Gasteiger partial charge in [-0.15, -0.1) is 0 Å². The number of rotatable bonds is 5. The largest absolute Gasteiger partial charge is 0.398 e. The molecule has 0 radical (unpaired) electrons. The van der Waals surface area contributed by atoms with Gasteiger partial charge in [-0.3, -0.25) is 0 Å². The highest BCUT2D eigenvalue weighted by Crippen LogP contribution is 2.25. The van der Waals surface area contributed by atoms with Crippen LogP contribution in [0.2, 0.25) is 5.02 Å². The van der Waals surface area contributed by atoms with Gasteiger partial charge in [0.05, 0.1) is 0 Å². The lowest BCUT2D eigenvalue weighted by Gasteiger charge is -2.10. The highest BCUT2D eigenvalue weighted by molar-refractivity contribution is 7.99. The lowest BCUT2D eigenvalue weighted by molar-refractivity contribution is 0.289. The molecule has 1 aromatic carbocycles. The van der Waals surface area contributed by atoms with E-state index in [9.17, 15) is 0 Å². The van der Waals surface area contributed by atoms with Crippen LogP contribution in [0.5, 0.6) is 0 Å². The minimum Gasteiger partial charge on any atom is -0.398 e. The summed E-state index contributed by atoms with van der Waals surface area (Å²) < 4.78 is 0. The molecule has 2 nitrogen and oxygen atoms in total. The monoisotopic (exact) mass is 245 g/mol. The molecule has 0 aliphatic carbocycles. The van der Waals surface area contributed by atoms with Crippen LogP contribution in [-0.4, -0.2) is 17.0 Å². The maximum Gasteiger partial charge on any atom is 0.0441 e. The van der Waals surface area contributed by atoms with Crippen LogP contribution in [0, 0.1) is 0 Å². The number of aliphatic hydroxyl groups excluding tert-OH is 1. The molecular weight excluding hydrogens is 230 g/mol. The molecule has 0 aliphatic heterocycles. The molecule has 0 bridgehead atoms. The van der Waals surface area contributed by atoms with Crippen molar-refractivity contribution >= 4 is 29.1 Å². The standard InChI is InChI=1S/C11H16ClNOS/c1-8(4-5-14)15-7-9-2-3-10(12)6-11(9)13/h2-3,6,8,14H,4-5,7,13H2,1H3. The SMILES string of the molecule is CC(CCO)SCc1ccc(Cl)cc1N. The number of benzene rings is 1. The van der Waals surface area contributed by atoms with Gasteiger partial charge in [0, 0.05) is 28.3 Å². The lowest BCUT2D eigenvalue weighted by atomic mass is 10.2. The van der Waals surface area contributed by atoms with Crippen LogP contribution >= 0.6 is 23.4 Å². The van der Waals surface area contributed by atoms with Gasteiger partial charge in [-0.25, -0.2) is 0 Å². The van der Waals surface area contributed by atoms with Crippen LogP contribution in [0.25, 0.3) is 0 Å². The van der Waals surface area contributed by atoms with Gasteiger partial charge in [0.25, 0.3) is 0 Å². The van der Waals surface area contributed by atoms with Crippen molar-refractivity contribution in [3.8, 4) is 0 Å². The molecule has 1 unspecified atom stereocenters. The van der Waals surface area contributed by atoms with E-state index in [0.717, 1.165) is 23.4 Å². The maximum atomic E-state index is 8.77. The van der Waals surface area contributed by atoms with Gasteiger partial charge in [-0.2, -0.15) is 11.8 Å². The number of aliphatic hydroxyl groups is 1. The molecule has 0 spiro atoms. The van der Waals surface area contributed by atoms with Crippen molar-refractivity contribution in [2.24, 2.45) is 0 Å². The number of nitrogen functional groups attached to an aromatic ring is 1. The fourth-order valence-electron chi connectivity index (χ4n) is 1.19. The van der Waals surface area contributed by atoms with E-state index in [-0.39, 0.29) is 6.61 Å². The molecule has 1 aromatic rings. The second kappa shape index (κ2) is 6.26. The van der Waals surface area contributed by atoms with Crippen LogP contribution < -0.4 is 5.73 Å². The molecule has 0 aromatic heterocycles. The molecule has 0 amide bonds. The van der Waals surface area contributed by atoms with Crippen LogP contribution in [0.4, 0.5) is 5.69 Å². The van der Waals surface area contributed by atoms with E-state index in [1.54, 1.807) is 17.8 Å². The highest BCUT2D eigenvalue weighted by Gasteiger charge is 2.05. The van der Waals surface area contributed by atoms with Crippen LogP contribution in [0.1, 0.15) is 18.9 Å². The molecular formula is C11H16ClNOS. The third kappa shape index (κ3) is 4.33. The number of hydrogen-bond acceptors (Lipinski definition) is 3. The van der Waals surface area contributed by atoms with Gasteiger partial charge in [-0.1, -0.05) is 24.6 Å². The lowest BCUT2D eigenvalue weighted by Crippen LogP contribution is -2.01. The summed E-state index contributed by atoms with van der Waals surface area (Å²) in [4.78, 5) is 0. The Balaban J connectivity index is 2.50. The summed E-state index contributed by atoms with van der Waals surface area (Å²) >= 11 is 7.60. The van der Waals surface area contributed by atoms with E-state index < -0.39 is 0 Å². The van der Waals surface area contributed by atoms with Crippen molar-refractivity contribution in [2.45, 2.75) is 24.3 Å². The smallest absolute Gasteiger partial charge is 0.0441 e. The Labute approximate surface area is 99.8 Å². The molecule has 0 aliphatic rings. The number of nitrogens with two attached hydrogens (primary N) is 1. The zero-order chi connectivity index (χ0) is 11.3.